The molecular formula is C18H17NO2. The molecule has 0 radical (unpaired) electrons. The zero-order valence-corrected chi connectivity index (χ0v) is 12.2. The summed E-state index contributed by atoms with van der Waals surface area (Å²) in [4.78, 5) is 26.1. The van der Waals surface area contributed by atoms with Crippen LogP contribution < -0.4 is 4.90 Å². The second-order valence-corrected chi connectivity index (χ2v) is 5.61. The fourth-order valence-electron chi connectivity index (χ4n) is 2.63. The van der Waals surface area contributed by atoms with Gasteiger partial charge in [-0.1, -0.05) is 44.2 Å². The first kappa shape index (κ1) is 13.6. The smallest absolute Gasteiger partial charge is 0.265 e. The Hall–Kier alpha value is -2.42. The zero-order valence-electron chi connectivity index (χ0n) is 12.2. The van der Waals surface area contributed by atoms with Crippen LogP contribution in [0, 0.1) is 0 Å². The van der Waals surface area contributed by atoms with Crippen molar-refractivity contribution in [2.45, 2.75) is 26.2 Å². The van der Waals surface area contributed by atoms with Crippen molar-refractivity contribution >= 4 is 17.5 Å². The van der Waals surface area contributed by atoms with E-state index in [0.717, 1.165) is 5.56 Å². The molecule has 0 atom stereocenters. The number of carbonyl (C=O) groups excluding carboxylic acids is 2. The summed E-state index contributed by atoms with van der Waals surface area (Å²) in [6.07, 6.45) is 0.272. The van der Waals surface area contributed by atoms with Gasteiger partial charge in [0, 0.05) is 5.56 Å². The van der Waals surface area contributed by atoms with E-state index in [1.807, 2.05) is 42.5 Å². The maximum atomic E-state index is 12.6. The van der Waals surface area contributed by atoms with Crippen LogP contribution in [0.2, 0.25) is 0 Å². The highest BCUT2D eigenvalue weighted by Crippen LogP contribution is 2.26. The number of hydrogen-bond donors (Lipinski definition) is 0. The van der Waals surface area contributed by atoms with E-state index >= 15 is 0 Å². The molecule has 3 heteroatoms. The third-order valence-electron chi connectivity index (χ3n) is 3.86. The lowest BCUT2D eigenvalue weighted by atomic mass is 9.97. The Morgan fingerprint density at radius 3 is 2.29 bits per heavy atom. The monoisotopic (exact) mass is 279 g/mol. The van der Waals surface area contributed by atoms with Crippen LogP contribution in [0.5, 0.6) is 0 Å². The molecule has 3 nitrogen and oxygen atoms in total. The number of fused-ring (bicyclic) bond motifs is 1. The SMILES string of the molecule is CC(C)c1ccc(N2C(=O)Cc3ccccc3C2=O)cc1. The predicted octanol–water partition coefficient (Wildman–Crippen LogP) is 3.54. The average Bonchev–Trinajstić information content (AvgIpc) is 2.48. The number of benzene rings is 2. The molecule has 0 N–H and O–H groups in total. The molecule has 106 valence electrons. The standard InChI is InChI=1S/C18H17NO2/c1-12(2)13-7-9-15(10-8-13)19-17(20)11-14-5-3-4-6-16(14)18(19)21/h3-10,12H,11H2,1-2H3. The Morgan fingerprint density at radius 2 is 1.62 bits per heavy atom. The fraction of sp³-hybridized carbons (Fsp3) is 0.222. The van der Waals surface area contributed by atoms with Gasteiger partial charge in [0.1, 0.15) is 0 Å². The normalized spacial score (nSPS) is 14.5. The first-order valence-corrected chi connectivity index (χ1v) is 7.13. The molecule has 0 saturated heterocycles. The van der Waals surface area contributed by atoms with E-state index in [4.69, 9.17) is 0 Å². The van der Waals surface area contributed by atoms with E-state index in [9.17, 15) is 9.59 Å². The molecule has 0 spiro atoms. The van der Waals surface area contributed by atoms with Crippen LogP contribution in [0.4, 0.5) is 5.69 Å². The van der Waals surface area contributed by atoms with Gasteiger partial charge in [-0.25, -0.2) is 4.90 Å². The number of imide groups is 1. The Bertz CT molecular complexity index is 701. The minimum absolute atomic E-state index is 0.170. The quantitative estimate of drug-likeness (QED) is 0.788. The highest BCUT2D eigenvalue weighted by Gasteiger charge is 2.31. The molecule has 2 aromatic rings. The Morgan fingerprint density at radius 1 is 0.952 bits per heavy atom. The van der Waals surface area contributed by atoms with Crippen molar-refractivity contribution in [3.8, 4) is 0 Å². The summed E-state index contributed by atoms with van der Waals surface area (Å²) in [5, 5.41) is 0. The van der Waals surface area contributed by atoms with Crippen LogP contribution in [0.1, 0.15) is 41.3 Å². The minimum atomic E-state index is -0.237. The van der Waals surface area contributed by atoms with Crippen molar-refractivity contribution in [2.75, 3.05) is 4.90 Å². The van der Waals surface area contributed by atoms with E-state index in [2.05, 4.69) is 13.8 Å². The Balaban J connectivity index is 1.99. The van der Waals surface area contributed by atoms with Gasteiger partial charge in [-0.3, -0.25) is 9.59 Å². The summed E-state index contributed by atoms with van der Waals surface area (Å²) in [5.74, 6) is 0.0164. The zero-order chi connectivity index (χ0) is 15.0. The molecule has 0 unspecified atom stereocenters. The number of rotatable bonds is 2. The molecule has 0 saturated carbocycles. The van der Waals surface area contributed by atoms with Crippen LogP contribution in [-0.2, 0) is 11.2 Å². The van der Waals surface area contributed by atoms with Crippen molar-refractivity contribution in [1.82, 2.24) is 0 Å². The predicted molar refractivity (Wildman–Crippen MR) is 82.5 cm³/mol. The lowest BCUT2D eigenvalue weighted by Crippen LogP contribution is -2.42. The molecular weight excluding hydrogens is 262 g/mol. The average molecular weight is 279 g/mol. The first-order chi connectivity index (χ1) is 10.1. The topological polar surface area (TPSA) is 37.4 Å². The fourth-order valence-corrected chi connectivity index (χ4v) is 2.63. The van der Waals surface area contributed by atoms with Gasteiger partial charge in [0.15, 0.2) is 0 Å². The van der Waals surface area contributed by atoms with E-state index in [-0.39, 0.29) is 18.2 Å². The number of nitrogens with zero attached hydrogens (tertiary/aromatic N) is 1. The first-order valence-electron chi connectivity index (χ1n) is 7.13. The van der Waals surface area contributed by atoms with E-state index < -0.39 is 0 Å². The molecule has 0 aliphatic carbocycles. The van der Waals surface area contributed by atoms with E-state index in [1.165, 1.54) is 10.5 Å². The second kappa shape index (κ2) is 5.17. The number of amides is 2. The summed E-state index contributed by atoms with van der Waals surface area (Å²) in [7, 11) is 0. The maximum absolute atomic E-state index is 12.6. The molecule has 2 amide bonds. The summed E-state index contributed by atoms with van der Waals surface area (Å²) >= 11 is 0. The van der Waals surface area contributed by atoms with Crippen molar-refractivity contribution in [2.24, 2.45) is 0 Å². The Kier molecular flexibility index (Phi) is 3.34. The highest BCUT2D eigenvalue weighted by molar-refractivity contribution is 6.24. The second-order valence-electron chi connectivity index (χ2n) is 5.61. The maximum Gasteiger partial charge on any atom is 0.265 e. The van der Waals surface area contributed by atoms with Gasteiger partial charge in [-0.05, 0) is 35.2 Å². The van der Waals surface area contributed by atoms with Gasteiger partial charge >= 0.3 is 0 Å². The molecule has 1 heterocycles. The summed E-state index contributed by atoms with van der Waals surface area (Å²) in [5.41, 5.74) is 3.26. The summed E-state index contributed by atoms with van der Waals surface area (Å²) < 4.78 is 0. The number of hydrogen-bond acceptors (Lipinski definition) is 2. The summed E-state index contributed by atoms with van der Waals surface area (Å²) in [6, 6.07) is 14.9. The molecule has 21 heavy (non-hydrogen) atoms. The van der Waals surface area contributed by atoms with Gasteiger partial charge in [0.25, 0.3) is 5.91 Å². The largest absolute Gasteiger partial charge is 0.274 e. The van der Waals surface area contributed by atoms with Crippen molar-refractivity contribution in [1.29, 1.82) is 0 Å². The van der Waals surface area contributed by atoms with Gasteiger partial charge < -0.3 is 0 Å². The van der Waals surface area contributed by atoms with Crippen molar-refractivity contribution < 1.29 is 9.59 Å². The molecule has 1 aliphatic heterocycles. The van der Waals surface area contributed by atoms with Crippen LogP contribution in [0.3, 0.4) is 0 Å². The van der Waals surface area contributed by atoms with E-state index in [1.54, 1.807) is 6.07 Å². The van der Waals surface area contributed by atoms with Crippen LogP contribution in [-0.4, -0.2) is 11.8 Å². The Labute approximate surface area is 124 Å². The van der Waals surface area contributed by atoms with Gasteiger partial charge in [0.2, 0.25) is 5.91 Å². The third kappa shape index (κ3) is 2.35. The number of carbonyl (C=O) groups is 2. The van der Waals surface area contributed by atoms with Gasteiger partial charge in [-0.15, -0.1) is 0 Å². The highest BCUT2D eigenvalue weighted by atomic mass is 16.2. The van der Waals surface area contributed by atoms with Crippen molar-refractivity contribution in [3.05, 3.63) is 65.2 Å². The van der Waals surface area contributed by atoms with E-state index in [0.29, 0.717) is 17.2 Å². The van der Waals surface area contributed by atoms with Crippen LogP contribution in [0.15, 0.2) is 48.5 Å². The molecule has 3 rings (SSSR count). The van der Waals surface area contributed by atoms with Crippen molar-refractivity contribution in [3.63, 3.8) is 0 Å². The molecule has 0 bridgehead atoms. The lowest BCUT2D eigenvalue weighted by Gasteiger charge is -2.27. The van der Waals surface area contributed by atoms with Gasteiger partial charge in [-0.2, -0.15) is 0 Å². The minimum Gasteiger partial charge on any atom is -0.274 e. The van der Waals surface area contributed by atoms with Crippen LogP contribution in [0.25, 0.3) is 0 Å². The lowest BCUT2D eigenvalue weighted by molar-refractivity contribution is -0.117. The van der Waals surface area contributed by atoms with Gasteiger partial charge in [0.05, 0.1) is 12.1 Å². The van der Waals surface area contributed by atoms with Crippen LogP contribution >= 0.6 is 0 Å². The molecule has 2 aromatic carbocycles. The molecule has 1 aliphatic rings. The molecule has 0 fully saturated rings. The summed E-state index contributed by atoms with van der Waals surface area (Å²) in [6.45, 7) is 4.23. The third-order valence-corrected chi connectivity index (χ3v) is 3.86. The molecule has 0 aromatic heterocycles. The number of anilines is 1.